The molecule has 5 nitrogen and oxygen atoms in total. The topological polar surface area (TPSA) is 61.8 Å². The zero-order valence-corrected chi connectivity index (χ0v) is 16.1. The molecule has 0 unspecified atom stereocenters. The van der Waals surface area contributed by atoms with E-state index in [9.17, 15) is 14.3 Å². The molecule has 0 aliphatic carbocycles. The van der Waals surface area contributed by atoms with Gasteiger partial charge in [-0.1, -0.05) is 34.1 Å². The molecule has 0 saturated heterocycles. The number of nitrogens with one attached hydrogen (secondary N) is 1. The fourth-order valence-corrected chi connectivity index (χ4v) is 2.97. The molecule has 7 heteroatoms. The van der Waals surface area contributed by atoms with E-state index in [1.54, 1.807) is 24.1 Å². The van der Waals surface area contributed by atoms with Crippen LogP contribution in [0.2, 0.25) is 0 Å². The molecule has 0 heterocycles. The summed E-state index contributed by atoms with van der Waals surface area (Å²) in [5.74, 6) is 0.154. The molecule has 0 spiro atoms. The summed E-state index contributed by atoms with van der Waals surface area (Å²) >= 11 is 3.31. The molecule has 0 radical (unpaired) electrons. The van der Waals surface area contributed by atoms with Crippen LogP contribution in [0.15, 0.2) is 46.9 Å². The lowest BCUT2D eigenvalue weighted by Crippen LogP contribution is -2.38. The number of carbonyl (C=O) groups is 1. The summed E-state index contributed by atoms with van der Waals surface area (Å²) in [5, 5.41) is 12.1. The number of amides is 1. The van der Waals surface area contributed by atoms with Crippen LogP contribution in [-0.2, 0) is 17.9 Å². The van der Waals surface area contributed by atoms with Gasteiger partial charge in [0, 0.05) is 35.2 Å². The molecule has 2 aromatic carbocycles. The number of aliphatic hydroxyl groups is 1. The maximum absolute atomic E-state index is 13.9. The Kier molecular flexibility index (Phi) is 8.03. The maximum Gasteiger partial charge on any atom is 0.234 e. The molecule has 0 aliphatic rings. The second kappa shape index (κ2) is 10.3. The van der Waals surface area contributed by atoms with Crippen molar-refractivity contribution in [3.63, 3.8) is 0 Å². The van der Waals surface area contributed by atoms with Gasteiger partial charge in [0.15, 0.2) is 0 Å². The Labute approximate surface area is 160 Å². The number of carbonyl (C=O) groups excluding carboxylic acids is 1. The highest BCUT2D eigenvalue weighted by Gasteiger charge is 2.14. The Morgan fingerprint density at radius 3 is 2.77 bits per heavy atom. The first-order chi connectivity index (χ1) is 12.5. The number of rotatable bonds is 9. The summed E-state index contributed by atoms with van der Waals surface area (Å²) < 4.78 is 20.0. The van der Waals surface area contributed by atoms with Gasteiger partial charge in [0.05, 0.1) is 20.3 Å². The van der Waals surface area contributed by atoms with E-state index in [-0.39, 0.29) is 38.0 Å². The quantitative estimate of drug-likeness (QED) is 0.649. The number of benzene rings is 2. The van der Waals surface area contributed by atoms with Gasteiger partial charge in [0.2, 0.25) is 5.91 Å². The highest BCUT2D eigenvalue weighted by molar-refractivity contribution is 9.10. The van der Waals surface area contributed by atoms with Crippen LogP contribution in [0.1, 0.15) is 11.1 Å². The maximum atomic E-state index is 13.9. The molecule has 1 amide bonds. The van der Waals surface area contributed by atoms with Crippen LogP contribution in [-0.4, -0.2) is 42.7 Å². The smallest absolute Gasteiger partial charge is 0.234 e. The highest BCUT2D eigenvalue weighted by atomic mass is 79.9. The van der Waals surface area contributed by atoms with Gasteiger partial charge in [-0.2, -0.15) is 0 Å². The molecule has 0 atom stereocenters. The van der Waals surface area contributed by atoms with Gasteiger partial charge < -0.3 is 15.2 Å². The van der Waals surface area contributed by atoms with Crippen LogP contribution in [0.25, 0.3) is 0 Å². The molecule has 0 bridgehead atoms. The van der Waals surface area contributed by atoms with Gasteiger partial charge in [-0.15, -0.1) is 0 Å². The van der Waals surface area contributed by atoms with Gasteiger partial charge in [0.25, 0.3) is 0 Å². The molecule has 2 aromatic rings. The summed E-state index contributed by atoms with van der Waals surface area (Å²) in [4.78, 5) is 14.0. The Bertz CT molecular complexity index is 742. The van der Waals surface area contributed by atoms with Crippen molar-refractivity contribution < 1.29 is 19.0 Å². The van der Waals surface area contributed by atoms with Crippen molar-refractivity contribution in [3.8, 4) is 5.75 Å². The second-order valence-electron chi connectivity index (χ2n) is 5.76. The number of hydrogen-bond acceptors (Lipinski definition) is 4. The molecule has 26 heavy (non-hydrogen) atoms. The van der Waals surface area contributed by atoms with Gasteiger partial charge in [0.1, 0.15) is 11.6 Å². The normalized spacial score (nSPS) is 10.8. The number of aliphatic hydroxyl groups excluding tert-OH is 1. The van der Waals surface area contributed by atoms with Crippen molar-refractivity contribution in [2.24, 2.45) is 0 Å². The Hall–Kier alpha value is -1.96. The lowest BCUT2D eigenvalue weighted by atomic mass is 10.2. The van der Waals surface area contributed by atoms with E-state index in [0.717, 1.165) is 10.0 Å². The lowest BCUT2D eigenvalue weighted by Gasteiger charge is -2.21. The standard InChI is InChI=1S/C19H22BrFN2O3/c1-26-18-5-3-2-4-14(18)11-22-19(25)13-23(8-9-24)12-15-10-16(20)6-7-17(15)21/h2-7,10,24H,8-9,11-13H2,1H3,(H,22,25). The first-order valence-corrected chi connectivity index (χ1v) is 8.98. The van der Waals surface area contributed by atoms with Crippen molar-refractivity contribution in [3.05, 3.63) is 63.9 Å². The summed E-state index contributed by atoms with van der Waals surface area (Å²) in [5.41, 5.74) is 1.33. The third-order valence-corrected chi connectivity index (χ3v) is 4.35. The zero-order valence-electron chi connectivity index (χ0n) is 14.5. The van der Waals surface area contributed by atoms with E-state index < -0.39 is 0 Å². The molecule has 0 aromatic heterocycles. The first-order valence-electron chi connectivity index (χ1n) is 8.19. The Morgan fingerprint density at radius 1 is 1.27 bits per heavy atom. The molecule has 140 valence electrons. The highest BCUT2D eigenvalue weighted by Crippen LogP contribution is 2.18. The minimum absolute atomic E-state index is 0.0572. The van der Waals surface area contributed by atoms with Crippen molar-refractivity contribution in [1.82, 2.24) is 10.2 Å². The van der Waals surface area contributed by atoms with Crippen LogP contribution in [0, 0.1) is 5.82 Å². The summed E-state index contributed by atoms with van der Waals surface area (Å²) in [6.07, 6.45) is 0. The molecule has 0 saturated carbocycles. The van der Waals surface area contributed by atoms with E-state index >= 15 is 0 Å². The average Bonchev–Trinajstić information content (AvgIpc) is 2.63. The van der Waals surface area contributed by atoms with Crippen LogP contribution in [0.5, 0.6) is 5.75 Å². The number of methoxy groups -OCH3 is 1. The van der Waals surface area contributed by atoms with Crippen molar-refractivity contribution in [1.29, 1.82) is 0 Å². The summed E-state index contributed by atoms with van der Waals surface area (Å²) in [6.45, 7) is 0.778. The predicted molar refractivity (Wildman–Crippen MR) is 101 cm³/mol. The average molecular weight is 425 g/mol. The third-order valence-electron chi connectivity index (χ3n) is 3.85. The molecule has 2 N–H and O–H groups in total. The van der Waals surface area contributed by atoms with Crippen LogP contribution in [0.3, 0.4) is 0 Å². The van der Waals surface area contributed by atoms with Crippen molar-refractivity contribution in [2.75, 3.05) is 26.8 Å². The van der Waals surface area contributed by atoms with Crippen molar-refractivity contribution in [2.45, 2.75) is 13.1 Å². The summed E-state index contributed by atoms with van der Waals surface area (Å²) in [6, 6.07) is 12.1. The first kappa shape index (κ1) is 20.4. The number of hydrogen-bond donors (Lipinski definition) is 2. The molecular weight excluding hydrogens is 403 g/mol. The fraction of sp³-hybridized carbons (Fsp3) is 0.316. The SMILES string of the molecule is COc1ccccc1CNC(=O)CN(CCO)Cc1cc(Br)ccc1F. The second-order valence-corrected chi connectivity index (χ2v) is 6.67. The van der Waals surface area contributed by atoms with Gasteiger partial charge >= 0.3 is 0 Å². The largest absolute Gasteiger partial charge is 0.496 e. The minimum atomic E-state index is -0.342. The minimum Gasteiger partial charge on any atom is -0.496 e. The zero-order chi connectivity index (χ0) is 18.9. The van der Waals surface area contributed by atoms with E-state index in [1.165, 1.54) is 6.07 Å². The van der Waals surface area contributed by atoms with E-state index in [1.807, 2.05) is 24.3 Å². The molecule has 2 rings (SSSR count). The number of halogens is 2. The van der Waals surface area contributed by atoms with E-state index in [2.05, 4.69) is 21.2 Å². The monoisotopic (exact) mass is 424 g/mol. The van der Waals surface area contributed by atoms with E-state index in [0.29, 0.717) is 17.9 Å². The van der Waals surface area contributed by atoms with Gasteiger partial charge in [-0.25, -0.2) is 4.39 Å². The van der Waals surface area contributed by atoms with Crippen LogP contribution < -0.4 is 10.1 Å². The van der Waals surface area contributed by atoms with Gasteiger partial charge in [-0.3, -0.25) is 9.69 Å². The molecule has 0 aliphatic heterocycles. The number of para-hydroxylation sites is 1. The van der Waals surface area contributed by atoms with Gasteiger partial charge in [-0.05, 0) is 24.3 Å². The van der Waals surface area contributed by atoms with E-state index in [4.69, 9.17) is 4.74 Å². The van der Waals surface area contributed by atoms with Crippen molar-refractivity contribution >= 4 is 21.8 Å². The third kappa shape index (κ3) is 6.09. The summed E-state index contributed by atoms with van der Waals surface area (Å²) in [7, 11) is 1.58. The number of ether oxygens (including phenoxy) is 1. The molecule has 0 fully saturated rings. The van der Waals surface area contributed by atoms with Crippen LogP contribution >= 0.6 is 15.9 Å². The fourth-order valence-electron chi connectivity index (χ4n) is 2.56. The lowest BCUT2D eigenvalue weighted by molar-refractivity contribution is -0.122. The molecular formula is C19H22BrFN2O3. The Morgan fingerprint density at radius 2 is 2.04 bits per heavy atom. The Balaban J connectivity index is 1.96. The van der Waals surface area contributed by atoms with Crippen LogP contribution in [0.4, 0.5) is 4.39 Å². The predicted octanol–water partition coefficient (Wildman–Crippen LogP) is 2.71. The number of nitrogens with zero attached hydrogens (tertiary/aromatic N) is 1.